The number of rotatable bonds is 6. The second-order valence-corrected chi connectivity index (χ2v) is 4.66. The summed E-state index contributed by atoms with van der Waals surface area (Å²) in [7, 11) is 0. The number of aromatic carboxylic acids is 1. The first-order chi connectivity index (χ1) is 10.4. The Kier molecular flexibility index (Phi) is 6.59. The number of halogens is 4. The van der Waals surface area contributed by atoms with Crippen molar-refractivity contribution in [2.45, 2.75) is 25.8 Å². The summed E-state index contributed by atoms with van der Waals surface area (Å²) in [6.07, 6.45) is -3.04. The van der Waals surface area contributed by atoms with Crippen molar-refractivity contribution in [2.75, 3.05) is 0 Å². The Labute approximate surface area is 136 Å². The number of carboxylic acid groups (broad SMARTS) is 1. The minimum absolute atomic E-state index is 0. The summed E-state index contributed by atoms with van der Waals surface area (Å²) in [5, 5.41) is 15.6. The number of nitrogens with one attached hydrogen (secondary N) is 1. The van der Waals surface area contributed by atoms with Gasteiger partial charge in [-0.2, -0.15) is 18.3 Å². The fourth-order valence-electron chi connectivity index (χ4n) is 2.03. The van der Waals surface area contributed by atoms with E-state index in [1.54, 1.807) is 18.2 Å². The molecule has 0 aliphatic heterocycles. The van der Waals surface area contributed by atoms with Crippen molar-refractivity contribution >= 4 is 18.4 Å². The smallest absolute Gasteiger partial charge is 0.408 e. The van der Waals surface area contributed by atoms with E-state index in [1.807, 2.05) is 0 Å². The predicted molar refractivity (Wildman–Crippen MR) is 79.5 cm³/mol. The summed E-state index contributed by atoms with van der Waals surface area (Å²) in [4.78, 5) is 11.1. The van der Waals surface area contributed by atoms with Gasteiger partial charge >= 0.3 is 12.1 Å². The van der Waals surface area contributed by atoms with Crippen LogP contribution in [0.2, 0.25) is 0 Å². The van der Waals surface area contributed by atoms with Gasteiger partial charge in [-0.3, -0.25) is 4.68 Å². The van der Waals surface area contributed by atoms with E-state index < -0.39 is 18.7 Å². The Morgan fingerprint density at radius 2 is 1.91 bits per heavy atom. The molecule has 0 amide bonds. The molecular formula is C14H15ClF3N3O2. The third kappa shape index (κ3) is 5.57. The first kappa shape index (κ1) is 19.0. The van der Waals surface area contributed by atoms with Gasteiger partial charge in [0, 0.05) is 19.3 Å². The molecule has 0 saturated heterocycles. The molecule has 9 heteroatoms. The van der Waals surface area contributed by atoms with Crippen molar-refractivity contribution in [3.63, 3.8) is 0 Å². The molecule has 2 rings (SSSR count). The van der Waals surface area contributed by atoms with Gasteiger partial charge in [0.05, 0.1) is 11.3 Å². The van der Waals surface area contributed by atoms with Crippen LogP contribution in [0.15, 0.2) is 36.5 Å². The molecule has 2 N–H and O–H groups in total. The van der Waals surface area contributed by atoms with Crippen LogP contribution < -0.4 is 5.32 Å². The highest BCUT2D eigenvalue weighted by Crippen LogP contribution is 2.18. The van der Waals surface area contributed by atoms with Crippen molar-refractivity contribution in [3.05, 3.63) is 53.3 Å². The van der Waals surface area contributed by atoms with Crippen molar-refractivity contribution in [2.24, 2.45) is 0 Å². The lowest BCUT2D eigenvalue weighted by molar-refractivity contribution is -0.143. The van der Waals surface area contributed by atoms with Gasteiger partial charge in [0.2, 0.25) is 0 Å². The van der Waals surface area contributed by atoms with Crippen LogP contribution in [0.1, 0.15) is 21.6 Å². The SMILES string of the molecule is Cl.O=C(O)c1ccccc1CNCc1ccnn1CC(F)(F)F. The fourth-order valence-corrected chi connectivity index (χ4v) is 2.03. The van der Waals surface area contributed by atoms with E-state index in [1.165, 1.54) is 18.3 Å². The molecule has 0 aliphatic rings. The predicted octanol–water partition coefficient (Wildman–Crippen LogP) is 2.86. The largest absolute Gasteiger partial charge is 0.478 e. The highest BCUT2D eigenvalue weighted by molar-refractivity contribution is 5.89. The van der Waals surface area contributed by atoms with E-state index >= 15 is 0 Å². The standard InChI is InChI=1S/C14H14F3N3O2.ClH/c15-14(16,17)9-20-11(5-6-19-20)8-18-7-10-3-1-2-4-12(10)13(21)22;/h1-6,18H,7-9H2,(H,21,22);1H. The van der Waals surface area contributed by atoms with Crippen LogP contribution in [0, 0.1) is 0 Å². The van der Waals surface area contributed by atoms with E-state index in [4.69, 9.17) is 5.11 Å². The lowest BCUT2D eigenvalue weighted by atomic mass is 10.1. The average Bonchev–Trinajstić information content (AvgIpc) is 2.84. The zero-order chi connectivity index (χ0) is 16.2. The third-order valence-corrected chi connectivity index (χ3v) is 3.00. The molecule has 1 aromatic carbocycles. The van der Waals surface area contributed by atoms with Gasteiger partial charge in [-0.25, -0.2) is 4.79 Å². The lowest BCUT2D eigenvalue weighted by Gasteiger charge is -2.11. The number of nitrogens with zero attached hydrogens (tertiary/aromatic N) is 2. The van der Waals surface area contributed by atoms with Gasteiger partial charge in [0.1, 0.15) is 6.54 Å². The van der Waals surface area contributed by atoms with E-state index in [-0.39, 0.29) is 31.1 Å². The first-order valence-electron chi connectivity index (χ1n) is 6.46. The Morgan fingerprint density at radius 3 is 2.57 bits per heavy atom. The van der Waals surface area contributed by atoms with Gasteiger partial charge in [-0.15, -0.1) is 12.4 Å². The van der Waals surface area contributed by atoms with Crippen molar-refractivity contribution in [3.8, 4) is 0 Å². The minimum Gasteiger partial charge on any atom is -0.478 e. The highest BCUT2D eigenvalue weighted by atomic mass is 35.5. The molecule has 2 aromatic rings. The number of hydrogen-bond donors (Lipinski definition) is 2. The van der Waals surface area contributed by atoms with Gasteiger partial charge in [0.25, 0.3) is 0 Å². The lowest BCUT2D eigenvalue weighted by Crippen LogP contribution is -2.23. The molecule has 126 valence electrons. The van der Waals surface area contributed by atoms with E-state index in [2.05, 4.69) is 10.4 Å². The molecule has 0 fully saturated rings. The van der Waals surface area contributed by atoms with Crippen LogP contribution in [0.4, 0.5) is 13.2 Å². The molecule has 0 spiro atoms. The van der Waals surface area contributed by atoms with Crippen LogP contribution in [0.3, 0.4) is 0 Å². The molecule has 0 unspecified atom stereocenters. The second kappa shape index (κ2) is 7.98. The quantitative estimate of drug-likeness (QED) is 0.841. The number of benzene rings is 1. The molecule has 23 heavy (non-hydrogen) atoms. The fraction of sp³-hybridized carbons (Fsp3) is 0.286. The van der Waals surface area contributed by atoms with E-state index in [0.29, 0.717) is 11.3 Å². The van der Waals surface area contributed by atoms with Gasteiger partial charge in [0.15, 0.2) is 0 Å². The molecular weight excluding hydrogens is 335 g/mol. The Bertz CT molecular complexity index is 659. The van der Waals surface area contributed by atoms with Crippen molar-refractivity contribution in [1.82, 2.24) is 15.1 Å². The van der Waals surface area contributed by atoms with Crippen LogP contribution in [0.25, 0.3) is 0 Å². The molecule has 0 saturated carbocycles. The summed E-state index contributed by atoms with van der Waals surface area (Å²) < 4.78 is 38.0. The van der Waals surface area contributed by atoms with Crippen LogP contribution in [-0.2, 0) is 19.6 Å². The summed E-state index contributed by atoms with van der Waals surface area (Å²) in [6, 6.07) is 7.95. The van der Waals surface area contributed by atoms with Gasteiger partial charge in [-0.1, -0.05) is 18.2 Å². The summed E-state index contributed by atoms with van der Waals surface area (Å²) >= 11 is 0. The summed E-state index contributed by atoms with van der Waals surface area (Å²) in [5.41, 5.74) is 1.11. The molecule has 0 aliphatic carbocycles. The normalized spacial score (nSPS) is 11.1. The molecule has 0 radical (unpaired) electrons. The topological polar surface area (TPSA) is 67.2 Å². The maximum Gasteiger partial charge on any atom is 0.408 e. The number of hydrogen-bond acceptors (Lipinski definition) is 3. The summed E-state index contributed by atoms with van der Waals surface area (Å²) in [6.45, 7) is -0.758. The van der Waals surface area contributed by atoms with Gasteiger partial charge in [-0.05, 0) is 17.7 Å². The third-order valence-electron chi connectivity index (χ3n) is 3.00. The van der Waals surface area contributed by atoms with E-state index in [0.717, 1.165) is 4.68 Å². The molecule has 0 atom stereocenters. The monoisotopic (exact) mass is 349 g/mol. The maximum atomic E-state index is 12.4. The van der Waals surface area contributed by atoms with Crippen molar-refractivity contribution < 1.29 is 23.1 Å². The zero-order valence-electron chi connectivity index (χ0n) is 11.9. The molecule has 5 nitrogen and oxygen atoms in total. The van der Waals surface area contributed by atoms with Crippen LogP contribution in [0.5, 0.6) is 0 Å². The maximum absolute atomic E-state index is 12.4. The summed E-state index contributed by atoms with van der Waals surface area (Å²) in [5.74, 6) is -1.04. The number of aromatic nitrogens is 2. The Morgan fingerprint density at radius 1 is 1.22 bits per heavy atom. The number of carboxylic acids is 1. The zero-order valence-corrected chi connectivity index (χ0v) is 12.7. The molecule has 1 heterocycles. The van der Waals surface area contributed by atoms with Crippen molar-refractivity contribution in [1.29, 1.82) is 0 Å². The second-order valence-electron chi connectivity index (χ2n) is 4.66. The first-order valence-corrected chi connectivity index (χ1v) is 6.46. The van der Waals surface area contributed by atoms with E-state index in [9.17, 15) is 18.0 Å². The Balaban J connectivity index is 0.00000264. The minimum atomic E-state index is -4.34. The average molecular weight is 350 g/mol. The number of alkyl halides is 3. The molecule has 1 aromatic heterocycles. The Hall–Kier alpha value is -2.06. The van der Waals surface area contributed by atoms with Crippen LogP contribution >= 0.6 is 12.4 Å². The number of carbonyl (C=O) groups is 1. The van der Waals surface area contributed by atoms with Gasteiger partial charge < -0.3 is 10.4 Å². The molecule has 0 bridgehead atoms. The van der Waals surface area contributed by atoms with Crippen LogP contribution in [-0.4, -0.2) is 27.0 Å². The highest BCUT2D eigenvalue weighted by Gasteiger charge is 2.29.